The maximum Gasteiger partial charge on any atom is 0.407 e. The molecule has 4 saturated carbocycles. The Labute approximate surface area is 257 Å². The molecule has 1 spiro atoms. The normalized spacial score (nSPS) is 44.4. The SMILES string of the molecule is CC(=O)O[C@H]1[C@H]2O[C@]23[C@@H]2CC[C@]4(O)C[C@@H](OC(=O)NCCN5CCOCC5)CC[C@]4(C)[C@H]2CC[C@]3(C)[C@H]1c1ccc(=O)oc1. The zero-order valence-corrected chi connectivity index (χ0v) is 26.0. The predicted molar refractivity (Wildman–Crippen MR) is 157 cm³/mol. The summed E-state index contributed by atoms with van der Waals surface area (Å²) in [5.74, 6) is -0.102. The van der Waals surface area contributed by atoms with E-state index in [4.69, 9.17) is 23.4 Å². The molecule has 2 aliphatic heterocycles. The number of hydrogen-bond acceptors (Lipinski definition) is 10. The van der Waals surface area contributed by atoms with E-state index in [1.165, 1.54) is 19.3 Å². The summed E-state index contributed by atoms with van der Waals surface area (Å²) in [7, 11) is 0. The number of carbonyl (C=O) groups is 2. The van der Waals surface area contributed by atoms with Gasteiger partial charge in [0.05, 0.1) is 25.1 Å². The maximum absolute atomic E-state index is 12.7. The molecule has 1 amide bonds. The second-order valence-electron chi connectivity index (χ2n) is 14.6. The zero-order chi connectivity index (χ0) is 30.9. The summed E-state index contributed by atoms with van der Waals surface area (Å²) in [6, 6.07) is 3.23. The Morgan fingerprint density at radius 3 is 2.52 bits per heavy atom. The number of hydrogen-bond donors (Lipinski definition) is 2. The van der Waals surface area contributed by atoms with Gasteiger partial charge in [0.25, 0.3) is 0 Å². The molecule has 6 fully saturated rings. The molecule has 0 aromatic carbocycles. The van der Waals surface area contributed by atoms with Crippen molar-refractivity contribution in [1.82, 2.24) is 10.2 Å². The molecule has 7 rings (SSSR count). The first-order chi connectivity index (χ1) is 21.0. The van der Waals surface area contributed by atoms with Crippen molar-refractivity contribution < 1.29 is 38.1 Å². The van der Waals surface area contributed by atoms with Gasteiger partial charge in [-0.15, -0.1) is 0 Å². The Bertz CT molecular complexity index is 1330. The molecule has 11 heteroatoms. The van der Waals surface area contributed by atoms with E-state index in [1.807, 2.05) is 0 Å². The Hall–Kier alpha value is -2.47. The van der Waals surface area contributed by atoms with E-state index in [2.05, 4.69) is 24.1 Å². The summed E-state index contributed by atoms with van der Waals surface area (Å²) in [5.41, 5.74) is -1.67. The summed E-state index contributed by atoms with van der Waals surface area (Å²) in [6.45, 7) is 10.4. The van der Waals surface area contributed by atoms with Gasteiger partial charge in [0, 0.05) is 56.9 Å². The molecule has 6 aliphatic rings. The minimum absolute atomic E-state index is 0.157. The molecule has 44 heavy (non-hydrogen) atoms. The summed E-state index contributed by atoms with van der Waals surface area (Å²) < 4.78 is 29.2. The molecule has 2 saturated heterocycles. The Kier molecular flexibility index (Phi) is 7.42. The minimum Gasteiger partial charge on any atom is -0.459 e. The number of amides is 1. The number of esters is 1. The fourth-order valence-electron chi connectivity index (χ4n) is 10.5. The summed E-state index contributed by atoms with van der Waals surface area (Å²) in [6.07, 6.45) is 5.07. The van der Waals surface area contributed by atoms with Gasteiger partial charge in [-0.2, -0.15) is 0 Å². The molecule has 0 radical (unpaired) electrons. The van der Waals surface area contributed by atoms with Gasteiger partial charge in [-0.05, 0) is 67.4 Å². The molecule has 10 atom stereocenters. The molecular formula is C33H46N2O9. The quantitative estimate of drug-likeness (QED) is 0.363. The standard InChI is InChI=1S/C33H46N2O9/c1-20(36)42-27-26(21-4-5-25(37)41-19-21)31(3)10-7-23-24(33(31)28(27)44-33)8-11-32(39)18-22(6-9-30(23,32)2)43-29(38)34-12-13-35-14-16-40-17-15-35/h4-5,19,22-24,26-28,39H,6-18H2,1-3H3,(H,34,38)/t22-,23-,24+,26-,27+,28+,30+,31+,32-,33+/m0/s1. The fourth-order valence-corrected chi connectivity index (χ4v) is 10.5. The smallest absolute Gasteiger partial charge is 0.407 e. The molecule has 4 aliphatic carbocycles. The van der Waals surface area contributed by atoms with Crippen LogP contribution in [-0.4, -0.2) is 91.0 Å². The third kappa shape index (κ3) is 4.55. The monoisotopic (exact) mass is 614 g/mol. The number of morpholine rings is 1. The molecule has 0 unspecified atom stereocenters. The van der Waals surface area contributed by atoms with Crippen molar-refractivity contribution in [1.29, 1.82) is 0 Å². The highest BCUT2D eigenvalue weighted by atomic mass is 16.7. The van der Waals surface area contributed by atoms with Crippen LogP contribution >= 0.6 is 0 Å². The maximum atomic E-state index is 12.7. The lowest BCUT2D eigenvalue weighted by Crippen LogP contribution is -2.65. The lowest BCUT2D eigenvalue weighted by molar-refractivity contribution is -0.224. The highest BCUT2D eigenvalue weighted by molar-refractivity contribution is 5.67. The number of fused-ring (bicyclic) bond motifs is 3. The van der Waals surface area contributed by atoms with Gasteiger partial charge in [-0.25, -0.2) is 9.59 Å². The van der Waals surface area contributed by atoms with Crippen molar-refractivity contribution in [3.63, 3.8) is 0 Å². The van der Waals surface area contributed by atoms with Crippen molar-refractivity contribution in [2.24, 2.45) is 22.7 Å². The summed E-state index contributed by atoms with van der Waals surface area (Å²) >= 11 is 0. The number of carbonyl (C=O) groups excluding carboxylic acids is 2. The van der Waals surface area contributed by atoms with Crippen LogP contribution in [0.1, 0.15) is 77.2 Å². The third-order valence-corrected chi connectivity index (χ3v) is 12.7. The number of ether oxygens (including phenoxy) is 4. The van der Waals surface area contributed by atoms with Crippen LogP contribution in [0.15, 0.2) is 27.6 Å². The van der Waals surface area contributed by atoms with E-state index in [0.29, 0.717) is 25.8 Å². The van der Waals surface area contributed by atoms with Crippen LogP contribution in [0.25, 0.3) is 0 Å². The minimum atomic E-state index is -0.948. The molecule has 0 bridgehead atoms. The Morgan fingerprint density at radius 2 is 1.80 bits per heavy atom. The summed E-state index contributed by atoms with van der Waals surface area (Å²) in [4.78, 5) is 39.0. The molecule has 242 valence electrons. The first-order valence-corrected chi connectivity index (χ1v) is 16.4. The van der Waals surface area contributed by atoms with Crippen LogP contribution in [0, 0.1) is 22.7 Å². The van der Waals surface area contributed by atoms with E-state index in [-0.39, 0.29) is 46.8 Å². The second kappa shape index (κ2) is 10.8. The third-order valence-electron chi connectivity index (χ3n) is 12.7. The highest BCUT2D eigenvalue weighted by Crippen LogP contribution is 2.78. The fraction of sp³-hybridized carbons (Fsp3) is 0.788. The van der Waals surface area contributed by atoms with Gasteiger partial charge in [0.2, 0.25) is 0 Å². The zero-order valence-electron chi connectivity index (χ0n) is 26.0. The van der Waals surface area contributed by atoms with Gasteiger partial charge >= 0.3 is 17.7 Å². The topological polar surface area (TPSA) is 140 Å². The Morgan fingerprint density at radius 1 is 1.05 bits per heavy atom. The molecule has 11 nitrogen and oxygen atoms in total. The Balaban J connectivity index is 1.06. The number of rotatable bonds is 6. The van der Waals surface area contributed by atoms with Crippen molar-refractivity contribution in [3.8, 4) is 0 Å². The number of nitrogens with one attached hydrogen (secondary N) is 1. The van der Waals surface area contributed by atoms with E-state index in [0.717, 1.165) is 64.1 Å². The number of aliphatic hydroxyl groups is 1. The van der Waals surface area contributed by atoms with Crippen LogP contribution < -0.4 is 10.9 Å². The van der Waals surface area contributed by atoms with Crippen molar-refractivity contribution in [2.45, 2.75) is 101 Å². The van der Waals surface area contributed by atoms with Crippen LogP contribution in [-0.2, 0) is 23.7 Å². The lowest BCUT2D eigenvalue weighted by Gasteiger charge is -2.64. The predicted octanol–water partition coefficient (Wildman–Crippen LogP) is 2.98. The number of nitrogens with zero attached hydrogens (tertiary/aromatic N) is 1. The van der Waals surface area contributed by atoms with Crippen LogP contribution in [0.2, 0.25) is 0 Å². The second-order valence-corrected chi connectivity index (χ2v) is 14.6. The number of epoxide rings is 1. The van der Waals surface area contributed by atoms with E-state index < -0.39 is 29.0 Å². The van der Waals surface area contributed by atoms with Crippen LogP contribution in [0.4, 0.5) is 4.79 Å². The highest BCUT2D eigenvalue weighted by Gasteiger charge is 2.85. The van der Waals surface area contributed by atoms with Crippen LogP contribution in [0.5, 0.6) is 0 Å². The molecular weight excluding hydrogens is 568 g/mol. The van der Waals surface area contributed by atoms with Gasteiger partial charge in [-0.1, -0.05) is 13.8 Å². The molecule has 3 heterocycles. The van der Waals surface area contributed by atoms with Crippen molar-refractivity contribution >= 4 is 12.1 Å². The average Bonchev–Trinajstić information content (AvgIpc) is 3.69. The average molecular weight is 615 g/mol. The molecule has 1 aromatic rings. The lowest BCUT2D eigenvalue weighted by atomic mass is 9.42. The summed E-state index contributed by atoms with van der Waals surface area (Å²) in [5, 5.41) is 15.2. The van der Waals surface area contributed by atoms with Crippen molar-refractivity contribution in [3.05, 3.63) is 34.4 Å². The van der Waals surface area contributed by atoms with Gasteiger partial charge in [-0.3, -0.25) is 9.69 Å². The van der Waals surface area contributed by atoms with Gasteiger partial charge in [0.1, 0.15) is 23.9 Å². The van der Waals surface area contributed by atoms with Gasteiger partial charge < -0.3 is 33.8 Å². The first kappa shape index (κ1) is 30.2. The largest absolute Gasteiger partial charge is 0.459 e. The van der Waals surface area contributed by atoms with E-state index in [1.54, 1.807) is 6.07 Å². The number of alkyl carbamates (subject to hydrolysis) is 1. The van der Waals surface area contributed by atoms with E-state index >= 15 is 0 Å². The molecule has 1 aromatic heterocycles. The van der Waals surface area contributed by atoms with Crippen molar-refractivity contribution in [2.75, 3.05) is 39.4 Å². The first-order valence-electron chi connectivity index (χ1n) is 16.4. The van der Waals surface area contributed by atoms with Crippen LogP contribution in [0.3, 0.4) is 0 Å². The van der Waals surface area contributed by atoms with E-state index in [9.17, 15) is 19.5 Å². The van der Waals surface area contributed by atoms with Gasteiger partial charge in [0.15, 0.2) is 0 Å². The molecule has 2 N–H and O–H groups in total.